The number of rotatable bonds is 6. The van der Waals surface area contributed by atoms with Gasteiger partial charge in [-0.3, -0.25) is 4.90 Å². The van der Waals surface area contributed by atoms with E-state index >= 15 is 0 Å². The maximum atomic E-state index is 9.92. The fourth-order valence-electron chi connectivity index (χ4n) is 2.92. The summed E-state index contributed by atoms with van der Waals surface area (Å²) in [5.74, 6) is 0.284. The molecule has 0 aromatic heterocycles. The largest absolute Gasteiger partial charge is 0.506 e. The van der Waals surface area contributed by atoms with E-state index in [4.69, 9.17) is 0 Å². The van der Waals surface area contributed by atoms with Crippen molar-refractivity contribution in [3.63, 3.8) is 0 Å². The summed E-state index contributed by atoms with van der Waals surface area (Å²) in [5, 5.41) is 13.3. The number of aromatic hydroxyl groups is 1. The molecule has 1 aromatic rings. The van der Waals surface area contributed by atoms with Crippen molar-refractivity contribution in [2.75, 3.05) is 26.2 Å². The Morgan fingerprint density at radius 3 is 2.22 bits per heavy atom. The van der Waals surface area contributed by atoms with Gasteiger partial charge in [-0.1, -0.05) is 26.2 Å². The minimum atomic E-state index is 0. The molecular weight excluding hydrogens is 467 g/mol. The molecule has 1 fully saturated rings. The van der Waals surface area contributed by atoms with E-state index in [0.717, 1.165) is 35.1 Å². The normalized spacial score (nSPS) is 16.3. The van der Waals surface area contributed by atoms with E-state index in [2.05, 4.69) is 61.1 Å². The van der Waals surface area contributed by atoms with Gasteiger partial charge in [0.1, 0.15) is 5.75 Å². The van der Waals surface area contributed by atoms with Crippen LogP contribution in [0.3, 0.4) is 0 Å². The Bertz CT molecular complexity index is 448. The lowest BCUT2D eigenvalue weighted by atomic mass is 9.98. The van der Waals surface area contributed by atoms with Gasteiger partial charge in [-0.05, 0) is 56.0 Å². The number of nitrogens with zero attached hydrogens (tertiary/aromatic N) is 1. The molecule has 3 nitrogen and oxygen atoms in total. The Morgan fingerprint density at radius 2 is 1.70 bits per heavy atom. The second kappa shape index (κ2) is 11.9. The third-order valence-corrected chi connectivity index (χ3v) is 5.31. The van der Waals surface area contributed by atoms with Crippen LogP contribution in [0.5, 0.6) is 5.75 Å². The molecule has 0 bridgehead atoms. The molecule has 2 rings (SSSR count). The van der Waals surface area contributed by atoms with Crippen LogP contribution in [0.15, 0.2) is 21.1 Å². The van der Waals surface area contributed by atoms with Crippen molar-refractivity contribution in [2.45, 2.75) is 38.6 Å². The number of hydrogen-bond donors (Lipinski definition) is 2. The number of phenolic OH excluding ortho intramolecular Hbond substituents is 1. The van der Waals surface area contributed by atoms with E-state index in [1.807, 2.05) is 0 Å². The highest BCUT2D eigenvalue weighted by atomic mass is 79.9. The number of phenols is 1. The first-order valence-electron chi connectivity index (χ1n) is 7.76. The predicted molar refractivity (Wildman–Crippen MR) is 109 cm³/mol. The molecule has 1 aromatic carbocycles. The van der Waals surface area contributed by atoms with Gasteiger partial charge in [0, 0.05) is 32.2 Å². The van der Waals surface area contributed by atoms with E-state index in [9.17, 15) is 5.11 Å². The van der Waals surface area contributed by atoms with Crippen molar-refractivity contribution in [1.82, 2.24) is 10.2 Å². The SMILES string of the molecule is CCCCC[C@@H](c1cc(Br)c(O)c(Br)c1)N1CCNCC1.Cl.Cl. The maximum absolute atomic E-state index is 9.92. The molecule has 1 heterocycles. The lowest BCUT2D eigenvalue weighted by Gasteiger charge is -2.35. The average molecular weight is 493 g/mol. The summed E-state index contributed by atoms with van der Waals surface area (Å²) in [6, 6.07) is 4.57. The Hall–Kier alpha value is 0.480. The highest BCUT2D eigenvalue weighted by Gasteiger charge is 2.23. The van der Waals surface area contributed by atoms with Crippen LogP contribution in [0.1, 0.15) is 44.2 Å². The molecule has 7 heteroatoms. The Labute approximate surface area is 168 Å². The molecule has 0 amide bonds. The molecule has 1 aliphatic rings. The lowest BCUT2D eigenvalue weighted by Crippen LogP contribution is -2.45. The van der Waals surface area contributed by atoms with Crippen molar-refractivity contribution in [3.05, 3.63) is 26.6 Å². The van der Waals surface area contributed by atoms with Crippen LogP contribution in [0, 0.1) is 0 Å². The molecule has 2 N–H and O–H groups in total. The molecule has 1 atom stereocenters. The third kappa shape index (κ3) is 6.71. The van der Waals surface area contributed by atoms with Crippen LogP contribution in [0.2, 0.25) is 0 Å². The van der Waals surface area contributed by atoms with E-state index in [-0.39, 0.29) is 30.6 Å². The Kier molecular flexibility index (Phi) is 12.2. The third-order valence-electron chi connectivity index (χ3n) is 4.10. The van der Waals surface area contributed by atoms with Gasteiger partial charge < -0.3 is 10.4 Å². The van der Waals surface area contributed by atoms with Crippen LogP contribution >= 0.6 is 56.7 Å². The number of hydrogen-bond acceptors (Lipinski definition) is 3. The minimum Gasteiger partial charge on any atom is -0.506 e. The standard InChI is InChI=1S/C16H24Br2N2O.2ClH/c1-2-3-4-5-15(20-8-6-19-7-9-20)12-10-13(17)16(21)14(18)11-12;;/h10-11,15,19,21H,2-9H2,1H3;2*1H/t15-;;/m0../s1. The molecular formula is C16H26Br2Cl2N2O. The highest BCUT2D eigenvalue weighted by Crippen LogP contribution is 2.37. The van der Waals surface area contributed by atoms with Crippen LogP contribution in [0.25, 0.3) is 0 Å². The van der Waals surface area contributed by atoms with Gasteiger partial charge in [0.05, 0.1) is 8.95 Å². The first-order valence-corrected chi connectivity index (χ1v) is 9.34. The van der Waals surface area contributed by atoms with E-state index in [1.165, 1.54) is 31.2 Å². The summed E-state index contributed by atoms with van der Waals surface area (Å²) in [7, 11) is 0. The summed E-state index contributed by atoms with van der Waals surface area (Å²) in [4.78, 5) is 2.57. The van der Waals surface area contributed by atoms with Crippen molar-refractivity contribution >= 4 is 56.7 Å². The zero-order valence-electron chi connectivity index (χ0n) is 13.4. The number of unbranched alkanes of at least 4 members (excludes halogenated alkanes) is 2. The Balaban J connectivity index is 0.00000242. The van der Waals surface area contributed by atoms with E-state index < -0.39 is 0 Å². The first-order chi connectivity index (χ1) is 10.1. The summed E-state index contributed by atoms with van der Waals surface area (Å²) < 4.78 is 1.53. The fraction of sp³-hybridized carbons (Fsp3) is 0.625. The summed E-state index contributed by atoms with van der Waals surface area (Å²) in [6.07, 6.45) is 4.96. The second-order valence-electron chi connectivity index (χ2n) is 5.63. The van der Waals surface area contributed by atoms with Crippen LogP contribution < -0.4 is 5.32 Å². The molecule has 0 spiro atoms. The predicted octanol–water partition coefficient (Wildman–Crippen LogP) is 5.29. The monoisotopic (exact) mass is 490 g/mol. The van der Waals surface area contributed by atoms with Crippen molar-refractivity contribution in [1.29, 1.82) is 0 Å². The molecule has 134 valence electrons. The van der Waals surface area contributed by atoms with Gasteiger partial charge in [-0.25, -0.2) is 0 Å². The first kappa shape index (κ1) is 23.5. The smallest absolute Gasteiger partial charge is 0.143 e. The highest BCUT2D eigenvalue weighted by molar-refractivity contribution is 9.11. The lowest BCUT2D eigenvalue weighted by molar-refractivity contribution is 0.162. The van der Waals surface area contributed by atoms with Crippen molar-refractivity contribution in [2.24, 2.45) is 0 Å². The van der Waals surface area contributed by atoms with Gasteiger partial charge >= 0.3 is 0 Å². The number of nitrogens with one attached hydrogen (secondary N) is 1. The number of halogens is 4. The molecule has 23 heavy (non-hydrogen) atoms. The Morgan fingerprint density at radius 1 is 1.13 bits per heavy atom. The second-order valence-corrected chi connectivity index (χ2v) is 7.34. The van der Waals surface area contributed by atoms with E-state index in [0.29, 0.717) is 6.04 Å². The van der Waals surface area contributed by atoms with E-state index in [1.54, 1.807) is 0 Å². The quantitative estimate of drug-likeness (QED) is 0.530. The van der Waals surface area contributed by atoms with Gasteiger partial charge in [0.25, 0.3) is 0 Å². The summed E-state index contributed by atoms with van der Waals surface area (Å²) >= 11 is 6.92. The van der Waals surface area contributed by atoms with Crippen molar-refractivity contribution in [3.8, 4) is 5.75 Å². The van der Waals surface area contributed by atoms with Gasteiger partial charge in [0.2, 0.25) is 0 Å². The molecule has 0 unspecified atom stereocenters. The molecule has 0 saturated carbocycles. The zero-order chi connectivity index (χ0) is 15.2. The van der Waals surface area contributed by atoms with Gasteiger partial charge in [-0.15, -0.1) is 24.8 Å². The zero-order valence-corrected chi connectivity index (χ0v) is 18.2. The molecule has 0 radical (unpaired) electrons. The van der Waals surface area contributed by atoms with Gasteiger partial charge in [-0.2, -0.15) is 0 Å². The fourth-order valence-corrected chi connectivity index (χ4v) is 4.14. The van der Waals surface area contributed by atoms with Crippen LogP contribution in [-0.2, 0) is 0 Å². The summed E-state index contributed by atoms with van der Waals surface area (Å²) in [5.41, 5.74) is 1.28. The molecule has 1 aliphatic heterocycles. The van der Waals surface area contributed by atoms with Crippen molar-refractivity contribution < 1.29 is 5.11 Å². The van der Waals surface area contributed by atoms with Crippen LogP contribution in [-0.4, -0.2) is 36.2 Å². The molecule has 1 saturated heterocycles. The topological polar surface area (TPSA) is 35.5 Å². The van der Waals surface area contributed by atoms with Gasteiger partial charge in [0.15, 0.2) is 0 Å². The maximum Gasteiger partial charge on any atom is 0.143 e. The number of piperazine rings is 1. The average Bonchev–Trinajstić information content (AvgIpc) is 2.50. The minimum absolute atomic E-state index is 0. The number of benzene rings is 1. The van der Waals surface area contributed by atoms with Crippen LogP contribution in [0.4, 0.5) is 0 Å². The molecule has 0 aliphatic carbocycles. The summed E-state index contributed by atoms with van der Waals surface area (Å²) in [6.45, 7) is 6.54.